The molecule has 4 heteroatoms. The Morgan fingerprint density at radius 2 is 1.52 bits per heavy atom. The second kappa shape index (κ2) is 5.96. The minimum Gasteiger partial charge on any atom is -0.381 e. The molecule has 1 aliphatic carbocycles. The van der Waals surface area contributed by atoms with Crippen LogP contribution < -0.4 is 5.32 Å². The first-order chi connectivity index (χ1) is 12.0. The summed E-state index contributed by atoms with van der Waals surface area (Å²) in [6.45, 7) is 0.140. The van der Waals surface area contributed by atoms with E-state index in [-0.39, 0.29) is 12.1 Å². The maximum atomic E-state index is 13.1. The van der Waals surface area contributed by atoms with Gasteiger partial charge >= 0.3 is 6.18 Å². The fraction of sp³-hybridized carbons (Fsp3) is 0.143. The summed E-state index contributed by atoms with van der Waals surface area (Å²) in [6, 6.07) is 19.9. The summed E-state index contributed by atoms with van der Waals surface area (Å²) in [4.78, 5) is 0. The lowest BCUT2D eigenvalue weighted by Crippen LogP contribution is -2.11. The lowest BCUT2D eigenvalue weighted by molar-refractivity contribution is -0.138. The maximum absolute atomic E-state index is 13.1. The van der Waals surface area contributed by atoms with Crippen LogP contribution in [0.4, 0.5) is 18.9 Å². The van der Waals surface area contributed by atoms with Gasteiger partial charge in [-0.15, -0.1) is 0 Å². The Bertz CT molecular complexity index is 928. The van der Waals surface area contributed by atoms with E-state index in [9.17, 15) is 13.2 Å². The van der Waals surface area contributed by atoms with Gasteiger partial charge in [-0.25, -0.2) is 0 Å². The van der Waals surface area contributed by atoms with Gasteiger partial charge in [-0.3, -0.25) is 0 Å². The Kier molecular flexibility index (Phi) is 3.75. The van der Waals surface area contributed by atoms with E-state index in [1.54, 1.807) is 6.07 Å². The van der Waals surface area contributed by atoms with Gasteiger partial charge in [0.15, 0.2) is 0 Å². The van der Waals surface area contributed by atoms with E-state index in [2.05, 4.69) is 17.4 Å². The monoisotopic (exact) mass is 339 g/mol. The molecule has 3 aromatic rings. The highest BCUT2D eigenvalue weighted by Crippen LogP contribution is 2.38. The molecule has 1 aliphatic rings. The van der Waals surface area contributed by atoms with Crippen molar-refractivity contribution in [1.29, 1.82) is 0 Å². The molecule has 0 saturated heterocycles. The molecule has 0 fully saturated rings. The molecular weight excluding hydrogens is 323 g/mol. The molecule has 25 heavy (non-hydrogen) atoms. The van der Waals surface area contributed by atoms with Crippen LogP contribution in [-0.2, 0) is 19.1 Å². The number of hydrogen-bond donors (Lipinski definition) is 1. The van der Waals surface area contributed by atoms with Crippen LogP contribution in [0, 0.1) is 0 Å². The summed E-state index contributed by atoms with van der Waals surface area (Å²) in [5, 5.41) is 3.13. The molecule has 1 N–H and O–H groups in total. The summed E-state index contributed by atoms with van der Waals surface area (Å²) >= 11 is 0. The molecule has 0 aliphatic heterocycles. The fourth-order valence-electron chi connectivity index (χ4n) is 3.40. The van der Waals surface area contributed by atoms with Crippen molar-refractivity contribution in [3.63, 3.8) is 0 Å². The highest BCUT2D eigenvalue weighted by Gasteiger charge is 2.32. The average molecular weight is 339 g/mol. The summed E-state index contributed by atoms with van der Waals surface area (Å²) < 4.78 is 39.2. The standard InChI is InChI=1S/C21H16F3N/c22-21(23,24)20-8-4-2-6-15(20)13-25-17-9-10-19-16(12-17)11-14-5-1-3-7-18(14)19/h1-10,12,25H,11,13H2. The minimum absolute atomic E-state index is 0.140. The van der Waals surface area contributed by atoms with Crippen molar-refractivity contribution in [2.24, 2.45) is 0 Å². The molecule has 0 unspecified atom stereocenters. The zero-order chi connectivity index (χ0) is 17.4. The molecule has 0 heterocycles. The van der Waals surface area contributed by atoms with Crippen LogP contribution in [0.1, 0.15) is 22.3 Å². The van der Waals surface area contributed by atoms with Gasteiger partial charge in [0.05, 0.1) is 5.56 Å². The van der Waals surface area contributed by atoms with E-state index in [1.807, 2.05) is 30.3 Å². The van der Waals surface area contributed by atoms with Crippen molar-refractivity contribution < 1.29 is 13.2 Å². The van der Waals surface area contributed by atoms with E-state index in [0.29, 0.717) is 0 Å². The molecule has 0 amide bonds. The SMILES string of the molecule is FC(F)(F)c1ccccc1CNc1ccc2c(c1)Cc1ccccc1-2. The minimum atomic E-state index is -4.34. The molecule has 0 spiro atoms. The number of anilines is 1. The second-order valence-electron chi connectivity index (χ2n) is 6.21. The maximum Gasteiger partial charge on any atom is 0.416 e. The Morgan fingerprint density at radius 1 is 0.800 bits per heavy atom. The van der Waals surface area contributed by atoms with Gasteiger partial charge in [0.1, 0.15) is 0 Å². The Morgan fingerprint density at radius 3 is 2.36 bits per heavy atom. The molecule has 4 rings (SSSR count). The topological polar surface area (TPSA) is 12.0 Å². The summed E-state index contributed by atoms with van der Waals surface area (Å²) in [6.07, 6.45) is -3.47. The molecule has 0 aromatic heterocycles. The number of benzene rings is 3. The van der Waals surface area contributed by atoms with Gasteiger partial charge in [0.25, 0.3) is 0 Å². The Hall–Kier alpha value is -2.75. The third-order valence-electron chi connectivity index (χ3n) is 4.60. The smallest absolute Gasteiger partial charge is 0.381 e. The normalized spacial score (nSPS) is 12.6. The number of alkyl halides is 3. The number of rotatable bonds is 3. The van der Waals surface area contributed by atoms with Crippen LogP contribution in [0.3, 0.4) is 0 Å². The highest BCUT2D eigenvalue weighted by molar-refractivity contribution is 5.78. The molecule has 0 saturated carbocycles. The lowest BCUT2D eigenvalue weighted by Gasteiger charge is -2.14. The zero-order valence-corrected chi connectivity index (χ0v) is 13.4. The van der Waals surface area contributed by atoms with Crippen LogP contribution in [-0.4, -0.2) is 0 Å². The van der Waals surface area contributed by atoms with E-state index in [4.69, 9.17) is 0 Å². The van der Waals surface area contributed by atoms with Crippen molar-refractivity contribution in [3.05, 3.63) is 89.0 Å². The van der Waals surface area contributed by atoms with Crippen LogP contribution >= 0.6 is 0 Å². The first-order valence-electron chi connectivity index (χ1n) is 8.12. The van der Waals surface area contributed by atoms with Crippen LogP contribution in [0.5, 0.6) is 0 Å². The van der Waals surface area contributed by atoms with Crippen molar-refractivity contribution in [2.45, 2.75) is 19.1 Å². The van der Waals surface area contributed by atoms with Gasteiger partial charge in [0, 0.05) is 12.2 Å². The number of hydrogen-bond acceptors (Lipinski definition) is 1. The first kappa shape index (κ1) is 15.8. The van der Waals surface area contributed by atoms with E-state index in [0.717, 1.165) is 18.2 Å². The van der Waals surface area contributed by atoms with Crippen LogP contribution in [0.15, 0.2) is 66.7 Å². The van der Waals surface area contributed by atoms with Gasteiger partial charge in [-0.05, 0) is 52.4 Å². The van der Waals surface area contributed by atoms with Gasteiger partial charge in [-0.1, -0.05) is 48.5 Å². The first-order valence-corrected chi connectivity index (χ1v) is 8.12. The average Bonchev–Trinajstić information content (AvgIpc) is 2.97. The van der Waals surface area contributed by atoms with E-state index in [1.165, 1.54) is 34.4 Å². The second-order valence-corrected chi connectivity index (χ2v) is 6.21. The molecule has 126 valence electrons. The van der Waals surface area contributed by atoms with Crippen molar-refractivity contribution in [1.82, 2.24) is 0 Å². The molecule has 0 atom stereocenters. The largest absolute Gasteiger partial charge is 0.416 e. The van der Waals surface area contributed by atoms with Crippen molar-refractivity contribution in [3.8, 4) is 11.1 Å². The summed E-state index contributed by atoms with van der Waals surface area (Å²) in [5.74, 6) is 0. The molecule has 3 aromatic carbocycles. The summed E-state index contributed by atoms with van der Waals surface area (Å²) in [7, 11) is 0. The molecule has 0 radical (unpaired) electrons. The number of nitrogens with one attached hydrogen (secondary N) is 1. The predicted molar refractivity (Wildman–Crippen MR) is 93.5 cm³/mol. The fourth-order valence-corrected chi connectivity index (χ4v) is 3.40. The van der Waals surface area contributed by atoms with Gasteiger partial charge < -0.3 is 5.32 Å². The molecule has 0 bridgehead atoms. The van der Waals surface area contributed by atoms with Crippen molar-refractivity contribution in [2.75, 3.05) is 5.32 Å². The Labute approximate surface area is 144 Å². The van der Waals surface area contributed by atoms with E-state index >= 15 is 0 Å². The van der Waals surface area contributed by atoms with E-state index < -0.39 is 11.7 Å². The Balaban J connectivity index is 1.56. The lowest BCUT2D eigenvalue weighted by atomic mass is 10.0. The molecular formula is C21H16F3N. The predicted octanol–water partition coefficient (Wildman–Crippen LogP) is 5.89. The third-order valence-corrected chi connectivity index (χ3v) is 4.60. The number of halogens is 3. The van der Waals surface area contributed by atoms with Gasteiger partial charge in [0.2, 0.25) is 0 Å². The molecule has 1 nitrogen and oxygen atoms in total. The highest BCUT2D eigenvalue weighted by atomic mass is 19.4. The quantitative estimate of drug-likeness (QED) is 0.491. The zero-order valence-electron chi connectivity index (χ0n) is 13.4. The number of fused-ring (bicyclic) bond motifs is 3. The van der Waals surface area contributed by atoms with Crippen LogP contribution in [0.25, 0.3) is 11.1 Å². The third kappa shape index (κ3) is 3.00. The van der Waals surface area contributed by atoms with Gasteiger partial charge in [-0.2, -0.15) is 13.2 Å². The van der Waals surface area contributed by atoms with Crippen LogP contribution in [0.2, 0.25) is 0 Å². The van der Waals surface area contributed by atoms with Crippen molar-refractivity contribution >= 4 is 5.69 Å². The summed E-state index contributed by atoms with van der Waals surface area (Å²) in [5.41, 5.74) is 5.44.